The van der Waals surface area contributed by atoms with E-state index in [1.807, 2.05) is 24.3 Å². The lowest BCUT2D eigenvalue weighted by Gasteiger charge is -2.21. The van der Waals surface area contributed by atoms with Crippen LogP contribution in [0.2, 0.25) is 0 Å². The van der Waals surface area contributed by atoms with Gasteiger partial charge in [-0.2, -0.15) is 0 Å². The number of aromatic nitrogens is 1. The van der Waals surface area contributed by atoms with Crippen LogP contribution in [0.5, 0.6) is 17.2 Å². The third-order valence-electron chi connectivity index (χ3n) is 11.9. The van der Waals surface area contributed by atoms with Crippen molar-refractivity contribution in [2.75, 3.05) is 56.9 Å². The Morgan fingerprint density at radius 3 is 1.26 bits per heavy atom. The first-order chi connectivity index (χ1) is 35.2. The van der Waals surface area contributed by atoms with E-state index in [0.717, 1.165) is 5.52 Å². The first-order valence-corrected chi connectivity index (χ1v) is 24.1. The van der Waals surface area contributed by atoms with E-state index >= 15 is 0 Å². The van der Waals surface area contributed by atoms with Gasteiger partial charge >= 0.3 is 0 Å². The summed E-state index contributed by atoms with van der Waals surface area (Å²) in [6.07, 6.45) is 6.43. The first kappa shape index (κ1) is 55.9. The van der Waals surface area contributed by atoms with Gasteiger partial charge in [0.15, 0.2) is 0 Å². The fourth-order valence-electron chi connectivity index (χ4n) is 8.02. The third kappa shape index (κ3) is 15.7. The van der Waals surface area contributed by atoms with Crippen molar-refractivity contribution in [3.63, 3.8) is 0 Å². The van der Waals surface area contributed by atoms with Gasteiger partial charge in [0, 0.05) is 34.2 Å². The smallest absolute Gasteiger partial charge is 0.255 e. The van der Waals surface area contributed by atoms with Crippen LogP contribution < -0.4 is 69.0 Å². The normalized spacial score (nSPS) is 12.1. The van der Waals surface area contributed by atoms with E-state index in [9.17, 15) is 33.6 Å². The second-order valence-electron chi connectivity index (χ2n) is 17.1. The number of hydrogen-bond acceptors (Lipinski definition) is 13. The Labute approximate surface area is 423 Å². The van der Waals surface area contributed by atoms with Crippen LogP contribution in [0.3, 0.4) is 0 Å². The van der Waals surface area contributed by atoms with Crippen LogP contribution in [0.4, 0.5) is 17.1 Å². The molecule has 0 aliphatic carbocycles. The quantitative estimate of drug-likeness (QED) is 0.0299. The van der Waals surface area contributed by atoms with E-state index < -0.39 is 59.5 Å². The average molecular weight is 1010 g/mol. The van der Waals surface area contributed by atoms with Gasteiger partial charge in [0.05, 0.1) is 43.6 Å². The minimum Gasteiger partial charge on any atom is -0.496 e. The Morgan fingerprint density at radius 2 is 0.849 bits per heavy atom. The minimum absolute atomic E-state index is 0.00441. The maximum atomic E-state index is 14.1. The molecule has 0 saturated carbocycles. The molecule has 5 aromatic rings. The summed E-state index contributed by atoms with van der Waals surface area (Å²) in [6.45, 7) is 1.19. The number of para-hydroxylation sites is 1. The van der Waals surface area contributed by atoms with E-state index in [-0.39, 0.29) is 63.8 Å². The molecule has 21 heteroatoms. The zero-order valence-electron chi connectivity index (χ0n) is 41.4. The Morgan fingerprint density at radius 1 is 0.479 bits per heavy atom. The molecule has 1 aromatic heterocycles. The SMILES string of the molecule is COc1ccc(NC(=O)[C@H](CCCCCN)NC(=O)c2cc(NC(=O)[C@H](CCCCN)NC(=O)c3cc(NC(=O)[C@H](CCCCN)NC(=O)c4c[nH]c5ccccc45)ccc3OC)ccc2OC)cc1C(N)=O. The van der Waals surface area contributed by atoms with Crippen LogP contribution in [-0.2, 0) is 14.4 Å². The number of nitrogens with two attached hydrogens (primary N) is 4. The number of amides is 7. The van der Waals surface area contributed by atoms with Crippen molar-refractivity contribution >= 4 is 69.3 Å². The summed E-state index contributed by atoms with van der Waals surface area (Å²) in [5, 5.41) is 17.5. The van der Waals surface area contributed by atoms with Gasteiger partial charge in [-0.1, -0.05) is 31.0 Å². The van der Waals surface area contributed by atoms with Gasteiger partial charge < -0.3 is 74.0 Å². The lowest BCUT2D eigenvalue weighted by atomic mass is 10.0. The lowest BCUT2D eigenvalue weighted by molar-refractivity contribution is -0.118. The summed E-state index contributed by atoms with van der Waals surface area (Å²) in [7, 11) is 4.12. The predicted molar refractivity (Wildman–Crippen MR) is 279 cm³/mol. The highest BCUT2D eigenvalue weighted by Crippen LogP contribution is 2.27. The van der Waals surface area contributed by atoms with Gasteiger partial charge in [-0.25, -0.2) is 0 Å². The molecule has 0 radical (unpaired) electrons. The highest BCUT2D eigenvalue weighted by Gasteiger charge is 2.28. The number of nitrogens with one attached hydrogen (secondary N) is 7. The molecule has 0 bridgehead atoms. The number of rotatable bonds is 29. The van der Waals surface area contributed by atoms with Crippen LogP contribution in [0.15, 0.2) is 85.1 Å². The van der Waals surface area contributed by atoms with Crippen LogP contribution in [0.25, 0.3) is 10.9 Å². The molecule has 0 saturated heterocycles. The molecule has 4 aromatic carbocycles. The Bertz CT molecular complexity index is 2730. The highest BCUT2D eigenvalue weighted by molar-refractivity contribution is 6.09. The molecule has 3 atom stereocenters. The van der Waals surface area contributed by atoms with Crippen molar-refractivity contribution in [1.29, 1.82) is 0 Å². The summed E-state index contributed by atoms with van der Waals surface area (Å²) >= 11 is 0. The molecular formula is C52H67N11O10. The summed E-state index contributed by atoms with van der Waals surface area (Å²) in [6, 6.07) is 17.4. The van der Waals surface area contributed by atoms with Crippen molar-refractivity contribution in [1.82, 2.24) is 20.9 Å². The summed E-state index contributed by atoms with van der Waals surface area (Å²) < 4.78 is 16.2. The molecule has 73 heavy (non-hydrogen) atoms. The van der Waals surface area contributed by atoms with E-state index in [0.29, 0.717) is 82.0 Å². The number of ether oxygens (including phenoxy) is 3. The predicted octanol–water partition coefficient (Wildman–Crippen LogP) is 4.28. The number of unbranched alkanes of at least 4 members (excludes halogenated alkanes) is 4. The number of methoxy groups -OCH3 is 3. The molecule has 390 valence electrons. The minimum atomic E-state index is -1.12. The second-order valence-corrected chi connectivity index (χ2v) is 17.1. The molecule has 21 nitrogen and oxygen atoms in total. The molecular weight excluding hydrogens is 939 g/mol. The van der Waals surface area contributed by atoms with Crippen LogP contribution >= 0.6 is 0 Å². The van der Waals surface area contributed by atoms with Gasteiger partial charge in [0.2, 0.25) is 17.7 Å². The standard InChI is InChI=1S/C52H67N11O10/c1-71-43-21-18-31(27-35(43)46(56)64)58-50(68)40(15-5-4-10-24-53)61-47(65)36-28-32(19-22-44(36)72-2)59-51(69)41(16-8-11-25-54)62-48(66)37-29-33(20-23-45(37)73-3)60-52(70)42(17-9-12-26-55)63-49(67)38-30-57-39-14-7-6-13-34(38)39/h6-7,13-14,18-23,27-30,40-42,57H,4-5,8-12,15-17,24-26,53-55H2,1-3H3,(H2,56,64)(H,58,68)(H,59,69)(H,60,70)(H,61,65)(H,62,66)(H,63,67)/t40-,41-,42-/m0/s1. The number of hydrogen-bond donors (Lipinski definition) is 11. The number of primary amides is 1. The Balaban J connectivity index is 1.33. The maximum Gasteiger partial charge on any atom is 0.255 e. The zero-order valence-corrected chi connectivity index (χ0v) is 41.4. The number of carbonyl (C=O) groups excluding carboxylic acids is 7. The van der Waals surface area contributed by atoms with Gasteiger partial charge in [0.25, 0.3) is 23.6 Å². The molecule has 0 unspecified atom stereocenters. The molecule has 1 heterocycles. The molecule has 0 spiro atoms. The van der Waals surface area contributed by atoms with E-state index in [1.54, 1.807) is 12.3 Å². The van der Waals surface area contributed by atoms with Crippen molar-refractivity contribution < 1.29 is 47.8 Å². The molecule has 0 fully saturated rings. The molecule has 5 rings (SSSR count). The molecule has 0 aliphatic heterocycles. The number of carbonyl (C=O) groups is 7. The molecule has 15 N–H and O–H groups in total. The van der Waals surface area contributed by atoms with Gasteiger partial charge in [-0.15, -0.1) is 0 Å². The van der Waals surface area contributed by atoms with Crippen molar-refractivity contribution in [2.24, 2.45) is 22.9 Å². The molecule has 0 aliphatic rings. The largest absolute Gasteiger partial charge is 0.496 e. The van der Waals surface area contributed by atoms with Gasteiger partial charge in [-0.05, 0) is 132 Å². The maximum absolute atomic E-state index is 14.1. The lowest BCUT2D eigenvalue weighted by Crippen LogP contribution is -2.44. The fraction of sp³-hybridized carbons (Fsp3) is 0.365. The Hall–Kier alpha value is -8.01. The van der Waals surface area contributed by atoms with Gasteiger partial charge in [0.1, 0.15) is 35.4 Å². The van der Waals surface area contributed by atoms with E-state index in [4.69, 9.17) is 37.1 Å². The number of anilines is 3. The Kier molecular flexibility index (Phi) is 21.6. The van der Waals surface area contributed by atoms with Crippen LogP contribution in [0, 0.1) is 0 Å². The van der Waals surface area contributed by atoms with E-state index in [2.05, 4.69) is 36.9 Å². The monoisotopic (exact) mass is 1010 g/mol. The van der Waals surface area contributed by atoms with Crippen molar-refractivity contribution in [2.45, 2.75) is 82.3 Å². The van der Waals surface area contributed by atoms with Crippen molar-refractivity contribution in [3.8, 4) is 17.2 Å². The summed E-state index contributed by atoms with van der Waals surface area (Å²) in [5.41, 5.74) is 24.6. The molecule has 7 amide bonds. The topological polar surface area (TPSA) is 339 Å². The second kappa shape index (κ2) is 28.1. The number of benzene rings is 4. The number of fused-ring (bicyclic) bond motifs is 1. The van der Waals surface area contributed by atoms with Gasteiger partial charge in [-0.3, -0.25) is 33.6 Å². The fourth-order valence-corrected chi connectivity index (χ4v) is 8.02. The third-order valence-corrected chi connectivity index (χ3v) is 11.9. The van der Waals surface area contributed by atoms with Crippen molar-refractivity contribution in [3.05, 3.63) is 107 Å². The van der Waals surface area contributed by atoms with Crippen LogP contribution in [0.1, 0.15) is 106 Å². The van der Waals surface area contributed by atoms with E-state index in [1.165, 1.54) is 69.9 Å². The number of H-pyrrole nitrogens is 1. The first-order valence-electron chi connectivity index (χ1n) is 24.1. The zero-order chi connectivity index (χ0) is 52.9. The van der Waals surface area contributed by atoms with Crippen LogP contribution in [-0.4, -0.2) is 105 Å². The summed E-state index contributed by atoms with van der Waals surface area (Å²) in [4.78, 5) is 98.5. The highest BCUT2D eigenvalue weighted by atomic mass is 16.5. The number of aromatic amines is 1. The average Bonchev–Trinajstić information content (AvgIpc) is 3.83. The summed E-state index contributed by atoms with van der Waals surface area (Å²) in [5.74, 6) is -3.79.